The number of nitrogens with zero attached hydrogens (tertiary/aromatic N) is 2. The fraction of sp³-hybridized carbons (Fsp3) is 0.133. The van der Waals surface area contributed by atoms with Gasteiger partial charge in [0.15, 0.2) is 0 Å². The highest BCUT2D eigenvalue weighted by Gasteiger charge is 2.16. The fourth-order valence-corrected chi connectivity index (χ4v) is 5.71. The molecule has 0 aliphatic rings. The second-order valence-corrected chi connectivity index (χ2v) is 11.4. The van der Waals surface area contributed by atoms with Gasteiger partial charge in [-0.25, -0.2) is 13.4 Å². The number of benzene rings is 3. The molecule has 0 bridgehead atoms. The molecule has 3 aromatic carbocycles. The Labute approximate surface area is 211 Å². The molecule has 180 valence electrons. The van der Waals surface area contributed by atoms with E-state index in [-0.39, 0.29) is 17.6 Å². The van der Waals surface area contributed by atoms with Crippen molar-refractivity contribution in [3.8, 4) is 39.3 Å². The van der Waals surface area contributed by atoms with Crippen LogP contribution in [0, 0.1) is 0 Å². The third-order valence-corrected chi connectivity index (χ3v) is 7.40. The zero-order chi connectivity index (χ0) is 25.3. The molecule has 1 N–H and O–H groups in total. The van der Waals surface area contributed by atoms with Crippen molar-refractivity contribution in [2.24, 2.45) is 0 Å². The normalized spacial score (nSPS) is 12.5. The second-order valence-electron chi connectivity index (χ2n) is 9.20. The van der Waals surface area contributed by atoms with Crippen LogP contribution in [0.5, 0.6) is 5.88 Å². The fourth-order valence-electron chi connectivity index (χ4n) is 4.61. The van der Waals surface area contributed by atoms with Crippen LogP contribution < -0.4 is 0 Å². The first-order valence-electron chi connectivity index (χ1n) is 11.7. The van der Waals surface area contributed by atoms with E-state index in [4.69, 9.17) is 0 Å². The van der Waals surface area contributed by atoms with Crippen LogP contribution in [0.15, 0.2) is 97.3 Å². The maximum Gasteiger partial charge on any atom is 0.211 e. The summed E-state index contributed by atoms with van der Waals surface area (Å²) in [4.78, 5) is 8.52. The van der Waals surface area contributed by atoms with Gasteiger partial charge in [-0.3, -0.25) is 4.98 Å². The van der Waals surface area contributed by atoms with Crippen molar-refractivity contribution >= 4 is 20.7 Å². The first-order chi connectivity index (χ1) is 17.3. The summed E-state index contributed by atoms with van der Waals surface area (Å²) in [5.41, 5.74) is 7.81. The van der Waals surface area contributed by atoms with Crippen LogP contribution in [-0.4, -0.2) is 35.5 Å². The van der Waals surface area contributed by atoms with E-state index in [0.717, 1.165) is 49.8 Å². The van der Waals surface area contributed by atoms with E-state index >= 15 is 0 Å². The minimum Gasteiger partial charge on any atom is -0.493 e. The summed E-state index contributed by atoms with van der Waals surface area (Å²) in [6, 6.07) is 28.0. The summed E-state index contributed by atoms with van der Waals surface area (Å²) in [5, 5.41) is 10.8. The van der Waals surface area contributed by atoms with E-state index in [9.17, 15) is 13.5 Å². The molecule has 0 amide bonds. The van der Waals surface area contributed by atoms with E-state index < -0.39 is 9.84 Å². The van der Waals surface area contributed by atoms with Gasteiger partial charge >= 0.3 is 0 Å². The molecule has 0 radical (unpaired) electrons. The van der Waals surface area contributed by atoms with E-state index in [1.807, 2.05) is 49.4 Å². The van der Waals surface area contributed by atoms with Crippen molar-refractivity contribution < 1.29 is 13.5 Å². The van der Waals surface area contributed by atoms with Crippen LogP contribution in [0.25, 0.3) is 44.3 Å². The number of hydrogen-bond acceptors (Lipinski definition) is 5. The number of fused-ring (bicyclic) bond motifs is 1. The van der Waals surface area contributed by atoms with Gasteiger partial charge in [0.2, 0.25) is 5.88 Å². The van der Waals surface area contributed by atoms with Crippen molar-refractivity contribution in [1.82, 2.24) is 9.97 Å². The minimum absolute atomic E-state index is 0.00994. The predicted molar refractivity (Wildman–Crippen MR) is 146 cm³/mol. The molecule has 0 aliphatic heterocycles. The van der Waals surface area contributed by atoms with Gasteiger partial charge in [-0.2, -0.15) is 0 Å². The molecule has 5 rings (SSSR count). The molecule has 5 aromatic rings. The van der Waals surface area contributed by atoms with Gasteiger partial charge in [0, 0.05) is 35.7 Å². The van der Waals surface area contributed by atoms with Crippen LogP contribution in [0.4, 0.5) is 0 Å². The van der Waals surface area contributed by atoms with E-state index in [2.05, 4.69) is 46.4 Å². The summed E-state index contributed by atoms with van der Waals surface area (Å²) in [5.74, 6) is -0.0560. The molecule has 5 nitrogen and oxygen atoms in total. The van der Waals surface area contributed by atoms with Crippen molar-refractivity contribution in [2.45, 2.75) is 12.8 Å². The molecule has 0 unspecified atom stereocenters. The van der Waals surface area contributed by atoms with Crippen LogP contribution in [0.3, 0.4) is 0 Å². The van der Waals surface area contributed by atoms with Gasteiger partial charge in [-0.15, -0.1) is 0 Å². The van der Waals surface area contributed by atoms with E-state index in [1.54, 1.807) is 18.5 Å². The lowest BCUT2D eigenvalue weighted by Gasteiger charge is -2.15. The quantitative estimate of drug-likeness (QED) is 0.292. The van der Waals surface area contributed by atoms with Gasteiger partial charge in [0.1, 0.15) is 9.84 Å². The third-order valence-electron chi connectivity index (χ3n) is 6.30. The van der Waals surface area contributed by atoms with Gasteiger partial charge in [0.05, 0.1) is 11.3 Å². The van der Waals surface area contributed by atoms with Gasteiger partial charge in [0.25, 0.3) is 0 Å². The SMILES string of the molecule is C[C@@H](CS(C)(=O)=O)c1cc(-c2cccc(-c3cccc(-c4ccnc(O)c4)c3)c2)c2ncccc2c1. The molecular formula is C30H26N2O3S. The Morgan fingerprint density at radius 2 is 1.39 bits per heavy atom. The lowest BCUT2D eigenvalue weighted by molar-refractivity contribution is 0.454. The summed E-state index contributed by atoms with van der Waals surface area (Å²) in [6.07, 6.45) is 4.65. The Morgan fingerprint density at radius 1 is 0.750 bits per heavy atom. The zero-order valence-electron chi connectivity index (χ0n) is 20.1. The highest BCUT2D eigenvalue weighted by Crippen LogP contribution is 2.35. The van der Waals surface area contributed by atoms with E-state index in [1.165, 1.54) is 6.26 Å². The van der Waals surface area contributed by atoms with Crippen molar-refractivity contribution in [3.05, 3.63) is 103 Å². The Morgan fingerprint density at radius 3 is 2.06 bits per heavy atom. The highest BCUT2D eigenvalue weighted by atomic mass is 32.2. The Bertz CT molecular complexity index is 1680. The van der Waals surface area contributed by atoms with Crippen molar-refractivity contribution in [1.29, 1.82) is 0 Å². The number of rotatable bonds is 6. The molecule has 1 atom stereocenters. The monoisotopic (exact) mass is 494 g/mol. The summed E-state index contributed by atoms with van der Waals surface area (Å²) >= 11 is 0. The topological polar surface area (TPSA) is 80.2 Å². The number of aromatic hydroxyl groups is 1. The first-order valence-corrected chi connectivity index (χ1v) is 13.8. The van der Waals surface area contributed by atoms with E-state index in [0.29, 0.717) is 0 Å². The molecular weight excluding hydrogens is 468 g/mol. The minimum atomic E-state index is -3.11. The molecule has 2 aromatic heterocycles. The average Bonchev–Trinajstić information content (AvgIpc) is 2.87. The third kappa shape index (κ3) is 5.14. The van der Waals surface area contributed by atoms with Crippen molar-refractivity contribution in [2.75, 3.05) is 12.0 Å². The Hall–Kier alpha value is -4.03. The summed E-state index contributed by atoms with van der Waals surface area (Å²) < 4.78 is 23.9. The smallest absolute Gasteiger partial charge is 0.211 e. The summed E-state index contributed by atoms with van der Waals surface area (Å²) in [6.45, 7) is 1.95. The first kappa shape index (κ1) is 23.7. The molecule has 2 heterocycles. The Balaban J connectivity index is 1.60. The summed E-state index contributed by atoms with van der Waals surface area (Å²) in [7, 11) is -3.11. The molecule has 0 saturated heterocycles. The maximum atomic E-state index is 12.0. The second kappa shape index (κ2) is 9.55. The van der Waals surface area contributed by atoms with Crippen LogP contribution >= 0.6 is 0 Å². The molecule has 0 aliphatic carbocycles. The number of hydrogen-bond donors (Lipinski definition) is 1. The largest absolute Gasteiger partial charge is 0.493 e. The standard InChI is InChI=1S/C30H26N2O3S/c1-20(19-36(2,34)35)27-16-26-10-5-12-32-30(26)28(17-27)25-9-4-8-23(15-25)21-6-3-7-22(14-21)24-11-13-31-29(33)18-24/h3-18,20H,19H2,1-2H3,(H,31,33)/t20-/m0/s1. The molecule has 6 heteroatoms. The zero-order valence-corrected chi connectivity index (χ0v) is 20.9. The average molecular weight is 495 g/mol. The number of pyridine rings is 2. The number of sulfone groups is 1. The maximum absolute atomic E-state index is 12.0. The van der Waals surface area contributed by atoms with Crippen LogP contribution in [0.1, 0.15) is 18.4 Å². The Kier molecular flexibility index (Phi) is 6.29. The van der Waals surface area contributed by atoms with Crippen molar-refractivity contribution in [3.63, 3.8) is 0 Å². The van der Waals surface area contributed by atoms with Gasteiger partial charge < -0.3 is 5.11 Å². The highest BCUT2D eigenvalue weighted by molar-refractivity contribution is 7.90. The van der Waals surface area contributed by atoms with Crippen LogP contribution in [0.2, 0.25) is 0 Å². The lowest BCUT2D eigenvalue weighted by atomic mass is 9.92. The lowest BCUT2D eigenvalue weighted by Crippen LogP contribution is -2.10. The van der Waals surface area contributed by atoms with Crippen LogP contribution in [-0.2, 0) is 9.84 Å². The molecule has 0 fully saturated rings. The molecule has 0 spiro atoms. The molecule has 36 heavy (non-hydrogen) atoms. The van der Waals surface area contributed by atoms with Gasteiger partial charge in [-0.1, -0.05) is 49.4 Å². The number of aromatic nitrogens is 2. The van der Waals surface area contributed by atoms with Gasteiger partial charge in [-0.05, 0) is 75.7 Å². The molecule has 0 saturated carbocycles. The predicted octanol–water partition coefficient (Wildman–Crippen LogP) is 6.48.